The van der Waals surface area contributed by atoms with Gasteiger partial charge in [-0.05, 0) is 55.5 Å². The molecule has 10 heteroatoms. The van der Waals surface area contributed by atoms with Crippen LogP contribution in [-0.4, -0.2) is 31.8 Å². The van der Waals surface area contributed by atoms with Crippen molar-refractivity contribution in [3.8, 4) is 17.5 Å². The number of para-hydroxylation sites is 1. The number of carbonyl (C=O) groups is 1. The first kappa shape index (κ1) is 25.2. The molecule has 1 aliphatic heterocycles. The van der Waals surface area contributed by atoms with Gasteiger partial charge < -0.3 is 16.4 Å². The molecule has 2 aromatic carbocycles. The third-order valence-electron chi connectivity index (χ3n) is 6.74. The van der Waals surface area contributed by atoms with E-state index >= 15 is 0 Å². The summed E-state index contributed by atoms with van der Waals surface area (Å²) in [5.74, 6) is 6.62. The number of nitrogen functional groups attached to an aromatic ring is 1. The Balaban J connectivity index is 1.47. The van der Waals surface area contributed by atoms with Gasteiger partial charge in [0.2, 0.25) is 0 Å². The molecule has 0 bridgehead atoms. The number of hydrogen-bond acceptors (Lipinski definition) is 7. The van der Waals surface area contributed by atoms with Crippen LogP contribution >= 0.6 is 11.3 Å². The van der Waals surface area contributed by atoms with Crippen LogP contribution < -0.4 is 21.9 Å². The molecule has 0 aliphatic carbocycles. The van der Waals surface area contributed by atoms with Crippen LogP contribution in [0.5, 0.6) is 0 Å². The topological polar surface area (TPSA) is 120 Å². The standard InChI is InChI=1S/C30H25N7O2S/c1-18(34-29(38)26-27(31)35-36-15-7-14-32-28(26)36)23-16-21-9-6-8-20(12-13-24-19(2)33-17-40-24)25(21)30(39)37(23)22-10-4-3-5-11-22/h3-11,15-18,32H,14H2,1-2H3,(H2,31,35)(H,34,38). The fourth-order valence-corrected chi connectivity index (χ4v) is 5.45. The molecule has 3 aromatic heterocycles. The number of nitrogens with two attached hydrogens (primary N) is 1. The lowest BCUT2D eigenvalue weighted by atomic mass is 10.0. The summed E-state index contributed by atoms with van der Waals surface area (Å²) in [7, 11) is 0. The van der Waals surface area contributed by atoms with E-state index in [0.29, 0.717) is 34.7 Å². The molecule has 0 saturated carbocycles. The van der Waals surface area contributed by atoms with Gasteiger partial charge in [-0.3, -0.25) is 14.2 Å². The lowest BCUT2D eigenvalue weighted by Crippen LogP contribution is -2.33. The molecule has 198 valence electrons. The van der Waals surface area contributed by atoms with Crippen molar-refractivity contribution < 1.29 is 4.79 Å². The number of nitrogens with zero attached hydrogens (tertiary/aromatic N) is 4. The molecule has 0 spiro atoms. The minimum absolute atomic E-state index is 0.122. The van der Waals surface area contributed by atoms with Gasteiger partial charge in [-0.25, -0.2) is 9.67 Å². The Kier molecular flexibility index (Phi) is 6.42. The molecular weight excluding hydrogens is 522 g/mol. The summed E-state index contributed by atoms with van der Waals surface area (Å²) in [4.78, 5) is 32.7. The molecule has 0 saturated heterocycles. The number of aromatic nitrogens is 4. The number of carbonyl (C=O) groups excluding carboxylic acids is 1. The van der Waals surface area contributed by atoms with Crippen LogP contribution in [0.15, 0.2) is 71.0 Å². The molecule has 0 fully saturated rings. The minimum atomic E-state index is -0.548. The Morgan fingerprint density at radius 3 is 2.77 bits per heavy atom. The van der Waals surface area contributed by atoms with Crippen LogP contribution in [0.25, 0.3) is 22.7 Å². The molecule has 1 unspecified atom stereocenters. The summed E-state index contributed by atoms with van der Waals surface area (Å²) in [6.45, 7) is 4.31. The Morgan fingerprint density at radius 2 is 2.00 bits per heavy atom. The first-order valence-electron chi connectivity index (χ1n) is 12.7. The molecule has 5 aromatic rings. The van der Waals surface area contributed by atoms with Crippen LogP contribution in [0.4, 0.5) is 11.6 Å². The van der Waals surface area contributed by atoms with Gasteiger partial charge in [0, 0.05) is 29.7 Å². The molecule has 4 N–H and O–H groups in total. The van der Waals surface area contributed by atoms with Crippen molar-refractivity contribution >= 4 is 45.9 Å². The van der Waals surface area contributed by atoms with Crippen LogP contribution in [0, 0.1) is 18.8 Å². The molecule has 9 nitrogen and oxygen atoms in total. The van der Waals surface area contributed by atoms with Gasteiger partial charge in [0.1, 0.15) is 11.4 Å². The van der Waals surface area contributed by atoms with Gasteiger partial charge in [0.05, 0.1) is 27.5 Å². The van der Waals surface area contributed by atoms with Gasteiger partial charge in [-0.1, -0.05) is 36.3 Å². The van der Waals surface area contributed by atoms with E-state index in [1.54, 1.807) is 21.0 Å². The number of anilines is 2. The maximum absolute atomic E-state index is 14.2. The van der Waals surface area contributed by atoms with E-state index in [0.717, 1.165) is 16.0 Å². The van der Waals surface area contributed by atoms with Gasteiger partial charge in [-0.2, -0.15) is 0 Å². The van der Waals surface area contributed by atoms with E-state index < -0.39 is 6.04 Å². The lowest BCUT2D eigenvalue weighted by molar-refractivity contribution is 0.0940. The number of nitrogens with one attached hydrogen (secondary N) is 2. The molecule has 1 aliphatic rings. The second-order valence-electron chi connectivity index (χ2n) is 9.35. The molecule has 4 heterocycles. The molecule has 1 atom stereocenters. The molecule has 6 rings (SSSR count). The molecule has 40 heavy (non-hydrogen) atoms. The highest BCUT2D eigenvalue weighted by Crippen LogP contribution is 2.27. The summed E-state index contributed by atoms with van der Waals surface area (Å²) in [5, 5.41) is 11.7. The quantitative estimate of drug-likeness (QED) is 0.288. The number of hydrogen-bond donors (Lipinski definition) is 3. The lowest BCUT2D eigenvalue weighted by Gasteiger charge is -2.21. The highest BCUT2D eigenvalue weighted by Gasteiger charge is 2.26. The normalized spacial score (nSPS) is 12.8. The number of fused-ring (bicyclic) bond motifs is 2. The van der Waals surface area contributed by atoms with Crippen molar-refractivity contribution in [1.29, 1.82) is 0 Å². The number of pyridine rings is 1. The summed E-state index contributed by atoms with van der Waals surface area (Å²) in [5.41, 5.74) is 10.7. The Morgan fingerprint density at radius 1 is 1.18 bits per heavy atom. The predicted molar refractivity (Wildman–Crippen MR) is 159 cm³/mol. The zero-order chi connectivity index (χ0) is 27.8. The summed E-state index contributed by atoms with van der Waals surface area (Å²) < 4.78 is 3.18. The number of thiazole rings is 1. The summed E-state index contributed by atoms with van der Waals surface area (Å²) >= 11 is 1.47. The molecular formula is C30H25N7O2S. The first-order chi connectivity index (χ1) is 19.4. The van der Waals surface area contributed by atoms with E-state index in [2.05, 4.69) is 32.6 Å². The number of amides is 1. The van der Waals surface area contributed by atoms with Crippen LogP contribution in [0.2, 0.25) is 0 Å². The van der Waals surface area contributed by atoms with Crippen LogP contribution in [0.1, 0.15) is 45.2 Å². The zero-order valence-electron chi connectivity index (χ0n) is 21.8. The first-order valence-corrected chi connectivity index (χ1v) is 13.6. The highest BCUT2D eigenvalue weighted by atomic mass is 32.1. The van der Waals surface area contributed by atoms with Crippen LogP contribution in [0.3, 0.4) is 0 Å². The highest BCUT2D eigenvalue weighted by molar-refractivity contribution is 7.10. The monoisotopic (exact) mass is 547 g/mol. The van der Waals surface area contributed by atoms with Crippen molar-refractivity contribution in [2.24, 2.45) is 0 Å². The Hall–Kier alpha value is -5.14. The zero-order valence-corrected chi connectivity index (χ0v) is 22.6. The van der Waals surface area contributed by atoms with E-state index in [-0.39, 0.29) is 22.8 Å². The van der Waals surface area contributed by atoms with Crippen molar-refractivity contribution in [3.63, 3.8) is 0 Å². The molecule has 1 amide bonds. The maximum Gasteiger partial charge on any atom is 0.264 e. The molecule has 0 radical (unpaired) electrons. The third kappa shape index (κ3) is 4.42. The Bertz CT molecular complexity index is 1920. The fraction of sp³-hybridized carbons (Fsp3) is 0.133. The summed E-state index contributed by atoms with van der Waals surface area (Å²) in [6.07, 6.45) is 3.64. The predicted octanol–water partition coefficient (Wildman–Crippen LogP) is 4.32. The minimum Gasteiger partial charge on any atom is -0.381 e. The second-order valence-corrected chi connectivity index (χ2v) is 10.2. The van der Waals surface area contributed by atoms with Crippen molar-refractivity contribution in [2.45, 2.75) is 19.9 Å². The van der Waals surface area contributed by atoms with E-state index in [1.807, 2.05) is 74.5 Å². The van der Waals surface area contributed by atoms with E-state index in [1.165, 1.54) is 11.3 Å². The average molecular weight is 548 g/mol. The third-order valence-corrected chi connectivity index (χ3v) is 7.58. The van der Waals surface area contributed by atoms with Gasteiger partial charge in [0.25, 0.3) is 11.5 Å². The smallest absolute Gasteiger partial charge is 0.264 e. The van der Waals surface area contributed by atoms with Crippen molar-refractivity contribution in [3.05, 3.63) is 104 Å². The number of aryl methyl sites for hydroxylation is 1. The van der Waals surface area contributed by atoms with Gasteiger partial charge >= 0.3 is 0 Å². The van der Waals surface area contributed by atoms with Gasteiger partial charge in [0.15, 0.2) is 5.82 Å². The SMILES string of the molecule is Cc1ncsc1C#Cc1cccc2cc(C(C)NC(=O)c3c(N)nn4c3NCC=C4)n(-c3ccccc3)c(=O)c12. The number of benzene rings is 2. The average Bonchev–Trinajstić information content (AvgIpc) is 3.53. The van der Waals surface area contributed by atoms with Crippen molar-refractivity contribution in [2.75, 3.05) is 17.6 Å². The largest absolute Gasteiger partial charge is 0.381 e. The maximum atomic E-state index is 14.2. The number of rotatable bonds is 4. The van der Waals surface area contributed by atoms with Gasteiger partial charge in [-0.15, -0.1) is 16.4 Å². The summed E-state index contributed by atoms with van der Waals surface area (Å²) in [6, 6.07) is 16.4. The van der Waals surface area contributed by atoms with E-state index in [9.17, 15) is 9.59 Å². The van der Waals surface area contributed by atoms with E-state index in [4.69, 9.17) is 5.73 Å². The van der Waals surface area contributed by atoms with Crippen molar-refractivity contribution in [1.82, 2.24) is 24.6 Å². The van der Waals surface area contributed by atoms with Crippen LogP contribution in [-0.2, 0) is 0 Å². The fourth-order valence-electron chi connectivity index (χ4n) is 4.80. The second kappa shape index (κ2) is 10.2. The Labute approximate surface area is 234 Å².